The van der Waals surface area contributed by atoms with Gasteiger partial charge in [0.2, 0.25) is 0 Å². The molecule has 0 amide bonds. The second-order valence-corrected chi connectivity index (χ2v) is 6.11. The third kappa shape index (κ3) is 3.35. The predicted molar refractivity (Wildman–Crippen MR) is 97.7 cm³/mol. The molecule has 3 heteroatoms. The first-order chi connectivity index (χ1) is 11.7. The molecule has 0 spiro atoms. The number of carbonyl (C=O) groups excluding carboxylic acids is 1. The van der Waals surface area contributed by atoms with Crippen LogP contribution in [-0.2, 0) is 4.79 Å². The molecule has 1 N–H and O–H groups in total. The van der Waals surface area contributed by atoms with Gasteiger partial charge in [-0.3, -0.25) is 4.79 Å². The van der Waals surface area contributed by atoms with Crippen molar-refractivity contribution in [1.29, 1.82) is 0 Å². The summed E-state index contributed by atoms with van der Waals surface area (Å²) in [4.78, 5) is 15.7. The highest BCUT2D eigenvalue weighted by molar-refractivity contribution is 5.87. The molecule has 0 aliphatic rings. The molecule has 124 valence electrons. The van der Waals surface area contributed by atoms with Crippen molar-refractivity contribution in [2.45, 2.75) is 32.1 Å². The lowest BCUT2D eigenvalue weighted by molar-refractivity contribution is -0.119. The van der Waals surface area contributed by atoms with Crippen LogP contribution in [0.4, 0.5) is 0 Å². The van der Waals surface area contributed by atoms with Crippen molar-refractivity contribution in [2.24, 2.45) is 0 Å². The van der Waals surface area contributed by atoms with Gasteiger partial charge in [-0.1, -0.05) is 37.3 Å². The summed E-state index contributed by atoms with van der Waals surface area (Å²) >= 11 is 0. The van der Waals surface area contributed by atoms with Crippen LogP contribution in [0.15, 0.2) is 54.7 Å². The van der Waals surface area contributed by atoms with Crippen LogP contribution in [0, 0.1) is 0 Å². The molecule has 0 saturated carbocycles. The highest BCUT2D eigenvalue weighted by atomic mass is 16.5. The van der Waals surface area contributed by atoms with E-state index >= 15 is 0 Å². The normalized spacial score (nSPS) is 12.2. The van der Waals surface area contributed by atoms with Crippen LogP contribution in [0.5, 0.6) is 5.75 Å². The number of Topliss-reactive ketones (excluding diaryl/α,β-unsaturated/α-hetero) is 1. The maximum absolute atomic E-state index is 12.3. The molecule has 0 fully saturated rings. The van der Waals surface area contributed by atoms with E-state index < -0.39 is 0 Å². The van der Waals surface area contributed by atoms with Gasteiger partial charge in [-0.05, 0) is 35.7 Å². The fourth-order valence-electron chi connectivity index (χ4n) is 3.24. The number of ketones is 1. The quantitative estimate of drug-likeness (QED) is 0.660. The third-order valence-electron chi connectivity index (χ3n) is 4.46. The Balaban J connectivity index is 2.06. The Kier molecular flexibility index (Phi) is 4.99. The number of benzene rings is 2. The first-order valence-corrected chi connectivity index (χ1v) is 8.44. The van der Waals surface area contributed by atoms with Crippen LogP contribution in [0.25, 0.3) is 10.9 Å². The van der Waals surface area contributed by atoms with Crippen molar-refractivity contribution >= 4 is 16.7 Å². The van der Waals surface area contributed by atoms with E-state index in [9.17, 15) is 4.79 Å². The minimum absolute atomic E-state index is 0.0612. The number of aromatic nitrogens is 1. The van der Waals surface area contributed by atoms with E-state index in [-0.39, 0.29) is 5.92 Å². The smallest absolute Gasteiger partial charge is 0.133 e. The molecule has 3 nitrogen and oxygen atoms in total. The van der Waals surface area contributed by atoms with E-state index in [1.807, 2.05) is 49.5 Å². The molecule has 0 radical (unpaired) electrons. The zero-order valence-electron chi connectivity index (χ0n) is 14.2. The summed E-state index contributed by atoms with van der Waals surface area (Å²) in [6, 6.07) is 16.3. The van der Waals surface area contributed by atoms with Crippen LogP contribution in [0.2, 0.25) is 0 Å². The Bertz CT molecular complexity index is 820. The number of nitrogens with one attached hydrogen (secondary N) is 1. The van der Waals surface area contributed by atoms with E-state index in [4.69, 9.17) is 4.74 Å². The number of hydrogen-bond acceptors (Lipinski definition) is 2. The lowest BCUT2D eigenvalue weighted by Gasteiger charge is -2.17. The van der Waals surface area contributed by atoms with Crippen LogP contribution in [-0.4, -0.2) is 17.9 Å². The molecule has 1 atom stereocenters. The Morgan fingerprint density at radius 2 is 1.96 bits per heavy atom. The van der Waals surface area contributed by atoms with Gasteiger partial charge in [0.1, 0.15) is 11.5 Å². The van der Waals surface area contributed by atoms with Crippen LogP contribution >= 0.6 is 0 Å². The highest BCUT2D eigenvalue weighted by Crippen LogP contribution is 2.35. The van der Waals surface area contributed by atoms with Gasteiger partial charge in [-0.2, -0.15) is 0 Å². The second-order valence-electron chi connectivity index (χ2n) is 6.11. The first-order valence-electron chi connectivity index (χ1n) is 8.44. The van der Waals surface area contributed by atoms with Gasteiger partial charge < -0.3 is 9.72 Å². The number of methoxy groups -OCH3 is 1. The minimum Gasteiger partial charge on any atom is -0.497 e. The maximum Gasteiger partial charge on any atom is 0.133 e. The average Bonchev–Trinajstić information content (AvgIpc) is 3.03. The molecule has 0 aliphatic carbocycles. The van der Waals surface area contributed by atoms with E-state index in [1.54, 1.807) is 7.11 Å². The Morgan fingerprint density at radius 3 is 2.67 bits per heavy atom. The first kappa shape index (κ1) is 16.3. The van der Waals surface area contributed by atoms with Gasteiger partial charge in [0.25, 0.3) is 0 Å². The number of hydrogen-bond donors (Lipinski definition) is 1. The Hall–Kier alpha value is -2.55. The summed E-state index contributed by atoms with van der Waals surface area (Å²) in [5.74, 6) is 1.20. The number of aromatic amines is 1. The SMILES string of the molecule is CCCC(=O)C[C@H](c1ccccc1)c1c[nH]c2ccc(OC)cc12. The molecule has 0 saturated heterocycles. The Morgan fingerprint density at radius 1 is 1.17 bits per heavy atom. The molecular weight excluding hydrogens is 298 g/mol. The standard InChI is InChI=1S/C21H23NO2/c1-3-7-16(23)12-18(15-8-5-4-6-9-15)20-14-22-21-11-10-17(24-2)13-19(20)21/h4-6,8-11,13-14,18,22H,3,7,12H2,1-2H3/t18-/m1/s1. The number of carbonyl (C=O) groups is 1. The fraction of sp³-hybridized carbons (Fsp3) is 0.286. The zero-order valence-corrected chi connectivity index (χ0v) is 14.2. The van der Waals surface area contributed by atoms with Crippen molar-refractivity contribution in [3.8, 4) is 5.75 Å². The number of ether oxygens (including phenoxy) is 1. The average molecular weight is 321 g/mol. The van der Waals surface area contributed by atoms with Gasteiger partial charge >= 0.3 is 0 Å². The third-order valence-corrected chi connectivity index (χ3v) is 4.46. The van der Waals surface area contributed by atoms with Crippen molar-refractivity contribution in [1.82, 2.24) is 4.98 Å². The van der Waals surface area contributed by atoms with Gasteiger partial charge in [-0.15, -0.1) is 0 Å². The highest BCUT2D eigenvalue weighted by Gasteiger charge is 2.21. The Labute approximate surface area is 142 Å². The largest absolute Gasteiger partial charge is 0.497 e. The number of fused-ring (bicyclic) bond motifs is 1. The van der Waals surface area contributed by atoms with Crippen molar-refractivity contribution in [3.05, 3.63) is 65.9 Å². The summed E-state index contributed by atoms with van der Waals surface area (Å²) in [6.45, 7) is 2.05. The van der Waals surface area contributed by atoms with Gasteiger partial charge in [0.05, 0.1) is 7.11 Å². The fourth-order valence-corrected chi connectivity index (χ4v) is 3.24. The van der Waals surface area contributed by atoms with E-state index in [0.29, 0.717) is 18.6 Å². The predicted octanol–water partition coefficient (Wildman–Crippen LogP) is 5.07. The monoisotopic (exact) mass is 321 g/mol. The molecule has 1 aromatic heterocycles. The van der Waals surface area contributed by atoms with E-state index in [0.717, 1.165) is 28.6 Å². The van der Waals surface area contributed by atoms with E-state index in [2.05, 4.69) is 17.1 Å². The lowest BCUT2D eigenvalue weighted by Crippen LogP contribution is -2.08. The topological polar surface area (TPSA) is 42.1 Å². The summed E-state index contributed by atoms with van der Waals surface area (Å²) in [5, 5.41) is 1.12. The van der Waals surface area contributed by atoms with E-state index in [1.165, 1.54) is 5.56 Å². The van der Waals surface area contributed by atoms with Gasteiger partial charge in [-0.25, -0.2) is 0 Å². The molecule has 2 aromatic carbocycles. The summed E-state index contributed by atoms with van der Waals surface area (Å²) < 4.78 is 5.37. The summed E-state index contributed by atoms with van der Waals surface area (Å²) in [7, 11) is 1.67. The van der Waals surface area contributed by atoms with Crippen LogP contribution < -0.4 is 4.74 Å². The zero-order chi connectivity index (χ0) is 16.9. The second kappa shape index (κ2) is 7.35. The molecule has 3 rings (SSSR count). The van der Waals surface area contributed by atoms with Gasteiger partial charge in [0.15, 0.2) is 0 Å². The number of H-pyrrole nitrogens is 1. The minimum atomic E-state index is 0.0612. The number of rotatable bonds is 7. The molecule has 0 aliphatic heterocycles. The van der Waals surface area contributed by atoms with Crippen molar-refractivity contribution < 1.29 is 9.53 Å². The molecule has 24 heavy (non-hydrogen) atoms. The lowest BCUT2D eigenvalue weighted by atomic mass is 9.86. The summed E-state index contributed by atoms with van der Waals surface area (Å²) in [5.41, 5.74) is 3.39. The van der Waals surface area contributed by atoms with Crippen LogP contribution in [0.1, 0.15) is 43.2 Å². The van der Waals surface area contributed by atoms with Gasteiger partial charge in [0, 0.05) is 35.9 Å². The van der Waals surface area contributed by atoms with Crippen LogP contribution in [0.3, 0.4) is 0 Å². The molecule has 3 aromatic rings. The molecule has 0 bridgehead atoms. The molecular formula is C21H23NO2. The molecule has 0 unspecified atom stereocenters. The van der Waals surface area contributed by atoms with Crippen molar-refractivity contribution in [2.75, 3.05) is 7.11 Å². The maximum atomic E-state index is 12.3. The summed E-state index contributed by atoms with van der Waals surface area (Å²) in [6.07, 6.45) is 4.08. The van der Waals surface area contributed by atoms with Crippen molar-refractivity contribution in [3.63, 3.8) is 0 Å². The molecule has 1 heterocycles.